The van der Waals surface area contributed by atoms with Crippen LogP contribution in [0, 0.1) is 12.8 Å². The maximum absolute atomic E-state index is 12.1. The fourth-order valence-electron chi connectivity index (χ4n) is 3.76. The molecule has 5 nitrogen and oxygen atoms in total. The molecule has 0 saturated carbocycles. The summed E-state index contributed by atoms with van der Waals surface area (Å²) in [6.07, 6.45) is 3.07. The van der Waals surface area contributed by atoms with E-state index in [0.717, 1.165) is 52.4 Å². The molecule has 2 heterocycles. The van der Waals surface area contributed by atoms with Crippen molar-refractivity contribution in [2.75, 3.05) is 57.3 Å². The van der Waals surface area contributed by atoms with E-state index >= 15 is 0 Å². The summed E-state index contributed by atoms with van der Waals surface area (Å²) in [6.45, 7) is 10.2. The van der Waals surface area contributed by atoms with Gasteiger partial charge in [0.15, 0.2) is 0 Å². The van der Waals surface area contributed by atoms with Gasteiger partial charge in [-0.15, -0.1) is 24.8 Å². The molecule has 0 aliphatic carbocycles. The quantitative estimate of drug-likeness (QED) is 0.747. The van der Waals surface area contributed by atoms with Gasteiger partial charge in [0.1, 0.15) is 0 Å². The van der Waals surface area contributed by atoms with Crippen molar-refractivity contribution in [3.05, 3.63) is 29.8 Å². The number of rotatable bonds is 6. The average Bonchev–Trinajstić information content (AvgIpc) is 2.66. The lowest BCUT2D eigenvalue weighted by molar-refractivity contribution is -0.121. The Morgan fingerprint density at radius 3 is 2.67 bits per heavy atom. The molecule has 0 radical (unpaired) electrons. The van der Waals surface area contributed by atoms with Gasteiger partial charge in [-0.25, -0.2) is 0 Å². The molecular weight excluding hydrogens is 383 g/mol. The van der Waals surface area contributed by atoms with E-state index in [4.69, 9.17) is 0 Å². The Labute approximate surface area is 176 Å². The summed E-state index contributed by atoms with van der Waals surface area (Å²) >= 11 is 0. The zero-order chi connectivity index (χ0) is 17.5. The summed E-state index contributed by atoms with van der Waals surface area (Å²) in [4.78, 5) is 16.9. The number of benzene rings is 1. The molecule has 1 atom stereocenters. The summed E-state index contributed by atoms with van der Waals surface area (Å²) in [6, 6.07) is 8.71. The first-order chi connectivity index (χ1) is 12.2. The third-order valence-corrected chi connectivity index (χ3v) is 5.38. The molecular formula is C20H34Cl2N4O. The van der Waals surface area contributed by atoms with Crippen molar-refractivity contribution >= 4 is 36.4 Å². The fourth-order valence-corrected chi connectivity index (χ4v) is 3.76. The van der Waals surface area contributed by atoms with Crippen molar-refractivity contribution < 1.29 is 4.79 Å². The third-order valence-electron chi connectivity index (χ3n) is 5.38. The van der Waals surface area contributed by atoms with E-state index in [2.05, 4.69) is 51.6 Å². The van der Waals surface area contributed by atoms with E-state index in [1.54, 1.807) is 0 Å². The van der Waals surface area contributed by atoms with Gasteiger partial charge < -0.3 is 15.5 Å². The van der Waals surface area contributed by atoms with Crippen LogP contribution < -0.4 is 15.5 Å². The van der Waals surface area contributed by atoms with Crippen molar-refractivity contribution in [1.29, 1.82) is 0 Å². The van der Waals surface area contributed by atoms with Gasteiger partial charge in [0.25, 0.3) is 0 Å². The van der Waals surface area contributed by atoms with E-state index in [1.165, 1.54) is 24.1 Å². The number of amides is 1. The van der Waals surface area contributed by atoms with E-state index in [1.807, 2.05) is 0 Å². The van der Waals surface area contributed by atoms with Crippen molar-refractivity contribution in [1.82, 2.24) is 15.5 Å². The van der Waals surface area contributed by atoms with Crippen molar-refractivity contribution in [2.24, 2.45) is 5.92 Å². The number of anilines is 1. The van der Waals surface area contributed by atoms with Gasteiger partial charge >= 0.3 is 0 Å². The van der Waals surface area contributed by atoms with Gasteiger partial charge in [0.05, 0.1) is 0 Å². The second kappa shape index (κ2) is 12.4. The van der Waals surface area contributed by atoms with Crippen LogP contribution >= 0.6 is 24.8 Å². The standard InChI is InChI=1S/C20H32N4O.2ClH/c1-17-4-2-6-19(14-17)24-12-10-23(11-13-24)9-7-20(25)22-16-18-5-3-8-21-15-18;;/h2,4,6,14,18,21H,3,5,7-13,15-16H2,1H3,(H,22,25);2*1H. The zero-order valence-electron chi connectivity index (χ0n) is 16.3. The molecule has 3 rings (SSSR count). The molecule has 0 aromatic heterocycles. The highest BCUT2D eigenvalue weighted by atomic mass is 35.5. The van der Waals surface area contributed by atoms with Gasteiger partial charge in [-0.1, -0.05) is 12.1 Å². The van der Waals surface area contributed by atoms with Crippen LogP contribution in [0.3, 0.4) is 0 Å². The molecule has 0 spiro atoms. The van der Waals surface area contributed by atoms with Crippen LogP contribution in [0.25, 0.3) is 0 Å². The van der Waals surface area contributed by atoms with Crippen molar-refractivity contribution in [2.45, 2.75) is 26.2 Å². The highest BCUT2D eigenvalue weighted by molar-refractivity contribution is 5.85. The van der Waals surface area contributed by atoms with Crippen molar-refractivity contribution in [3.8, 4) is 0 Å². The Morgan fingerprint density at radius 1 is 1.22 bits per heavy atom. The highest BCUT2D eigenvalue weighted by Gasteiger charge is 2.18. The molecule has 0 bridgehead atoms. The zero-order valence-corrected chi connectivity index (χ0v) is 17.9. The Hall–Kier alpha value is -1.01. The lowest BCUT2D eigenvalue weighted by Gasteiger charge is -2.36. The SMILES string of the molecule is Cc1cccc(N2CCN(CCC(=O)NCC3CCCNC3)CC2)c1.Cl.Cl. The molecule has 1 aromatic carbocycles. The minimum absolute atomic E-state index is 0. The van der Waals surface area contributed by atoms with Gasteiger partial charge in [0, 0.05) is 51.4 Å². The van der Waals surface area contributed by atoms with Crippen molar-refractivity contribution in [3.63, 3.8) is 0 Å². The van der Waals surface area contributed by atoms with E-state index in [0.29, 0.717) is 12.3 Å². The molecule has 1 amide bonds. The summed E-state index contributed by atoms with van der Waals surface area (Å²) in [5.74, 6) is 0.808. The van der Waals surface area contributed by atoms with Crippen LogP contribution in [0.2, 0.25) is 0 Å². The number of carbonyl (C=O) groups is 1. The first kappa shape index (κ1) is 24.0. The van der Waals surface area contributed by atoms with E-state index in [9.17, 15) is 4.79 Å². The number of piperazine rings is 1. The molecule has 7 heteroatoms. The second-order valence-corrected chi connectivity index (χ2v) is 7.43. The normalized spacial score (nSPS) is 20.3. The second-order valence-electron chi connectivity index (χ2n) is 7.43. The lowest BCUT2D eigenvalue weighted by atomic mass is 10.00. The van der Waals surface area contributed by atoms with Gasteiger partial charge in [-0.2, -0.15) is 0 Å². The highest BCUT2D eigenvalue weighted by Crippen LogP contribution is 2.17. The monoisotopic (exact) mass is 416 g/mol. The molecule has 2 aliphatic rings. The molecule has 2 N–H and O–H groups in total. The number of carbonyl (C=O) groups excluding carboxylic acids is 1. The first-order valence-corrected chi connectivity index (χ1v) is 9.72. The van der Waals surface area contributed by atoms with Crippen LogP contribution in [0.15, 0.2) is 24.3 Å². The summed E-state index contributed by atoms with van der Waals surface area (Å²) < 4.78 is 0. The Morgan fingerprint density at radius 2 is 2.00 bits per heavy atom. The summed E-state index contributed by atoms with van der Waals surface area (Å²) in [5.41, 5.74) is 2.63. The number of hydrogen-bond acceptors (Lipinski definition) is 4. The van der Waals surface area contributed by atoms with Crippen LogP contribution in [0.1, 0.15) is 24.8 Å². The molecule has 2 aliphatic heterocycles. The van der Waals surface area contributed by atoms with E-state index in [-0.39, 0.29) is 30.7 Å². The maximum atomic E-state index is 12.1. The Kier molecular flexibility index (Phi) is 11.1. The average molecular weight is 417 g/mol. The van der Waals surface area contributed by atoms with Gasteiger partial charge in [-0.05, 0) is 56.5 Å². The van der Waals surface area contributed by atoms with Crippen LogP contribution in [-0.4, -0.2) is 63.2 Å². The number of nitrogens with zero attached hydrogens (tertiary/aromatic N) is 2. The van der Waals surface area contributed by atoms with Gasteiger partial charge in [0.2, 0.25) is 5.91 Å². The molecule has 1 unspecified atom stereocenters. The third kappa shape index (κ3) is 7.86. The smallest absolute Gasteiger partial charge is 0.221 e. The summed E-state index contributed by atoms with van der Waals surface area (Å²) in [7, 11) is 0. The van der Waals surface area contributed by atoms with Crippen LogP contribution in [0.5, 0.6) is 0 Å². The summed E-state index contributed by atoms with van der Waals surface area (Å²) in [5, 5.41) is 6.52. The van der Waals surface area contributed by atoms with Gasteiger partial charge in [-0.3, -0.25) is 9.69 Å². The Balaban J connectivity index is 0.00000182. The van der Waals surface area contributed by atoms with E-state index < -0.39 is 0 Å². The molecule has 27 heavy (non-hydrogen) atoms. The number of hydrogen-bond donors (Lipinski definition) is 2. The van der Waals surface area contributed by atoms with Crippen LogP contribution in [0.4, 0.5) is 5.69 Å². The Bertz CT molecular complexity index is 559. The van der Waals surface area contributed by atoms with Crippen LogP contribution in [-0.2, 0) is 4.79 Å². The number of halogens is 2. The largest absolute Gasteiger partial charge is 0.369 e. The molecule has 2 fully saturated rings. The fraction of sp³-hybridized carbons (Fsp3) is 0.650. The molecule has 1 aromatic rings. The molecule has 2 saturated heterocycles. The first-order valence-electron chi connectivity index (χ1n) is 9.72. The minimum atomic E-state index is 0. The molecule has 154 valence electrons. The predicted molar refractivity (Wildman–Crippen MR) is 118 cm³/mol. The minimum Gasteiger partial charge on any atom is -0.369 e. The number of aryl methyl sites for hydroxylation is 1. The topological polar surface area (TPSA) is 47.6 Å². The predicted octanol–water partition coefficient (Wildman–Crippen LogP) is 2.47. The lowest BCUT2D eigenvalue weighted by Crippen LogP contribution is -2.47. The number of nitrogens with one attached hydrogen (secondary N) is 2. The maximum Gasteiger partial charge on any atom is 0.221 e. The number of piperidine rings is 1.